The molecule has 2 amide bonds. The number of carbonyl (C=O) groups excluding carboxylic acids is 2. The maximum atomic E-state index is 14.6. The first-order valence-corrected chi connectivity index (χ1v) is 17.3. The summed E-state index contributed by atoms with van der Waals surface area (Å²) >= 11 is 6.43. The number of carbonyl (C=O) groups is 2. The Hall–Kier alpha value is -4.41. The van der Waals surface area contributed by atoms with E-state index in [2.05, 4.69) is 5.32 Å². The van der Waals surface area contributed by atoms with Crippen molar-refractivity contribution in [1.82, 2.24) is 10.2 Å². The summed E-state index contributed by atoms with van der Waals surface area (Å²) in [6.45, 7) is -0.694. The number of rotatable bonds is 13. The van der Waals surface area contributed by atoms with Crippen LogP contribution in [0, 0.1) is 5.82 Å². The average molecular weight is 678 g/mol. The lowest BCUT2D eigenvalue weighted by atomic mass is 10.0. The van der Waals surface area contributed by atoms with Gasteiger partial charge in [0, 0.05) is 19.0 Å². The first-order chi connectivity index (χ1) is 22.7. The van der Waals surface area contributed by atoms with Crippen molar-refractivity contribution in [3.8, 4) is 5.75 Å². The molecule has 1 saturated carbocycles. The molecule has 1 fully saturated rings. The molecule has 0 saturated heterocycles. The van der Waals surface area contributed by atoms with Gasteiger partial charge in [-0.05, 0) is 66.4 Å². The fourth-order valence-corrected chi connectivity index (χ4v) is 7.45. The van der Waals surface area contributed by atoms with Crippen LogP contribution in [0.5, 0.6) is 5.75 Å². The predicted octanol–water partition coefficient (Wildman–Crippen LogP) is 6.38. The van der Waals surface area contributed by atoms with Crippen LogP contribution in [0.3, 0.4) is 0 Å². The van der Waals surface area contributed by atoms with E-state index in [1.54, 1.807) is 30.3 Å². The highest BCUT2D eigenvalue weighted by atomic mass is 35.5. The number of methoxy groups -OCH3 is 1. The normalized spacial score (nSPS) is 13.9. The fraction of sp³-hybridized carbons (Fsp3) is 0.278. The van der Waals surface area contributed by atoms with Crippen molar-refractivity contribution in [3.63, 3.8) is 0 Å². The Morgan fingerprint density at radius 2 is 1.55 bits per heavy atom. The molecule has 11 heteroatoms. The molecular weight excluding hydrogens is 641 g/mol. The quantitative estimate of drug-likeness (QED) is 0.177. The summed E-state index contributed by atoms with van der Waals surface area (Å²) in [4.78, 5) is 30.0. The first kappa shape index (κ1) is 33.9. The van der Waals surface area contributed by atoms with Gasteiger partial charge in [-0.1, -0.05) is 85.1 Å². The first-order valence-electron chi connectivity index (χ1n) is 15.5. The van der Waals surface area contributed by atoms with Crippen LogP contribution >= 0.6 is 11.6 Å². The van der Waals surface area contributed by atoms with Crippen LogP contribution in [0.1, 0.15) is 36.8 Å². The van der Waals surface area contributed by atoms with Gasteiger partial charge in [-0.15, -0.1) is 0 Å². The molecule has 47 heavy (non-hydrogen) atoms. The Morgan fingerprint density at radius 3 is 2.17 bits per heavy atom. The van der Waals surface area contributed by atoms with E-state index in [1.807, 2.05) is 30.3 Å². The van der Waals surface area contributed by atoms with Gasteiger partial charge in [0.25, 0.3) is 10.0 Å². The third kappa shape index (κ3) is 8.50. The Kier molecular flexibility index (Phi) is 11.2. The van der Waals surface area contributed by atoms with Crippen LogP contribution in [0.2, 0.25) is 5.02 Å². The molecule has 1 atom stereocenters. The van der Waals surface area contributed by atoms with Crippen LogP contribution < -0.4 is 14.4 Å². The molecule has 0 spiro atoms. The molecule has 0 bridgehead atoms. The molecule has 0 aromatic heterocycles. The second-order valence-corrected chi connectivity index (χ2v) is 13.8. The van der Waals surface area contributed by atoms with Crippen LogP contribution in [-0.2, 0) is 32.6 Å². The van der Waals surface area contributed by atoms with Crippen LogP contribution in [0.25, 0.3) is 0 Å². The molecule has 4 aromatic rings. The van der Waals surface area contributed by atoms with Crippen molar-refractivity contribution < 1.29 is 27.1 Å². The van der Waals surface area contributed by atoms with Gasteiger partial charge in [-0.25, -0.2) is 12.8 Å². The highest BCUT2D eigenvalue weighted by molar-refractivity contribution is 7.92. The minimum Gasteiger partial charge on any atom is -0.495 e. The lowest BCUT2D eigenvalue weighted by Gasteiger charge is -2.34. The molecule has 0 radical (unpaired) electrons. The number of nitrogens with zero attached hydrogens (tertiary/aromatic N) is 2. The van der Waals surface area contributed by atoms with E-state index in [0.717, 1.165) is 35.6 Å². The standard InChI is InChI=1S/C36H37ClFN3O5S/c1-46-34-21-20-30(23-32(34)37)41(47(44,45)31-14-6-3-7-15-31)25-35(42)40(24-27-16-18-28(38)19-17-27)33(22-26-10-4-2-5-11-26)36(43)39-29-12-8-9-13-29/h2-7,10-11,14-21,23,29,33H,8-9,12-13,22,24-25H2,1H3,(H,39,43)/t33-/m0/s1. The van der Waals surface area contributed by atoms with E-state index in [0.29, 0.717) is 11.3 Å². The van der Waals surface area contributed by atoms with Crippen molar-refractivity contribution >= 4 is 39.1 Å². The van der Waals surface area contributed by atoms with Crippen molar-refractivity contribution in [3.05, 3.63) is 125 Å². The van der Waals surface area contributed by atoms with Crippen LogP contribution in [0.15, 0.2) is 108 Å². The molecule has 0 unspecified atom stereocenters. The minimum atomic E-state index is -4.28. The van der Waals surface area contributed by atoms with Gasteiger partial charge in [0.15, 0.2) is 0 Å². The maximum Gasteiger partial charge on any atom is 0.264 e. The lowest BCUT2D eigenvalue weighted by molar-refractivity contribution is -0.140. The number of halogens is 2. The van der Waals surface area contributed by atoms with Gasteiger partial charge in [-0.3, -0.25) is 13.9 Å². The van der Waals surface area contributed by atoms with E-state index in [4.69, 9.17) is 16.3 Å². The third-order valence-electron chi connectivity index (χ3n) is 8.27. The Labute approximate surface area is 280 Å². The largest absolute Gasteiger partial charge is 0.495 e. The lowest BCUT2D eigenvalue weighted by Crippen LogP contribution is -2.54. The molecule has 0 aliphatic heterocycles. The summed E-state index contributed by atoms with van der Waals surface area (Å²) in [7, 11) is -2.84. The Morgan fingerprint density at radius 1 is 0.915 bits per heavy atom. The molecule has 5 rings (SSSR count). The summed E-state index contributed by atoms with van der Waals surface area (Å²) in [6.07, 6.45) is 3.88. The highest BCUT2D eigenvalue weighted by Gasteiger charge is 2.35. The molecule has 1 N–H and O–H groups in total. The zero-order valence-electron chi connectivity index (χ0n) is 26.0. The summed E-state index contributed by atoms with van der Waals surface area (Å²) in [5.41, 5.74) is 1.55. The number of ether oxygens (including phenoxy) is 1. The SMILES string of the molecule is COc1ccc(N(CC(=O)N(Cc2ccc(F)cc2)[C@@H](Cc2ccccc2)C(=O)NC2CCCC2)S(=O)(=O)c2ccccc2)cc1Cl. The molecule has 1 aliphatic rings. The number of sulfonamides is 1. The number of amides is 2. The zero-order chi connectivity index (χ0) is 33.4. The Balaban J connectivity index is 1.57. The monoisotopic (exact) mass is 677 g/mol. The maximum absolute atomic E-state index is 14.6. The molecule has 246 valence electrons. The third-order valence-corrected chi connectivity index (χ3v) is 10.4. The van der Waals surface area contributed by atoms with E-state index >= 15 is 0 Å². The smallest absolute Gasteiger partial charge is 0.264 e. The van der Waals surface area contributed by atoms with Crippen LogP contribution in [0.4, 0.5) is 10.1 Å². The van der Waals surface area contributed by atoms with Crippen molar-refractivity contribution in [2.24, 2.45) is 0 Å². The van der Waals surface area contributed by atoms with Gasteiger partial charge in [-0.2, -0.15) is 0 Å². The van der Waals surface area contributed by atoms with Gasteiger partial charge in [0.1, 0.15) is 24.2 Å². The van der Waals surface area contributed by atoms with E-state index in [9.17, 15) is 22.4 Å². The topological polar surface area (TPSA) is 96.0 Å². The molecule has 0 heterocycles. The van der Waals surface area contributed by atoms with Crippen LogP contribution in [-0.4, -0.2) is 50.9 Å². The summed E-state index contributed by atoms with van der Waals surface area (Å²) in [6, 6.07) is 26.2. The van der Waals surface area contributed by atoms with Gasteiger partial charge < -0.3 is 15.0 Å². The second-order valence-electron chi connectivity index (χ2n) is 11.5. The number of benzene rings is 4. The van der Waals surface area contributed by atoms with Crippen molar-refractivity contribution in [1.29, 1.82) is 0 Å². The van der Waals surface area contributed by atoms with Gasteiger partial charge >= 0.3 is 0 Å². The summed E-state index contributed by atoms with van der Waals surface area (Å²) in [5.74, 6) is -1.06. The van der Waals surface area contributed by atoms with E-state index in [-0.39, 0.29) is 40.5 Å². The Bertz CT molecular complexity index is 1770. The summed E-state index contributed by atoms with van der Waals surface area (Å²) in [5, 5.41) is 3.29. The average Bonchev–Trinajstić information content (AvgIpc) is 3.59. The van der Waals surface area contributed by atoms with Gasteiger partial charge in [0.05, 0.1) is 22.7 Å². The minimum absolute atomic E-state index is 0.0139. The molecule has 1 aliphatic carbocycles. The molecular formula is C36H37ClFN3O5S. The molecule has 4 aromatic carbocycles. The molecule has 8 nitrogen and oxygen atoms in total. The highest BCUT2D eigenvalue weighted by Crippen LogP contribution is 2.32. The van der Waals surface area contributed by atoms with E-state index in [1.165, 1.54) is 54.5 Å². The number of nitrogens with one attached hydrogen (secondary N) is 1. The number of anilines is 1. The summed E-state index contributed by atoms with van der Waals surface area (Å²) < 4.78 is 48.4. The van der Waals surface area contributed by atoms with Crippen molar-refractivity contribution in [2.75, 3.05) is 18.0 Å². The predicted molar refractivity (Wildman–Crippen MR) is 180 cm³/mol. The number of hydrogen-bond acceptors (Lipinski definition) is 5. The number of hydrogen-bond donors (Lipinski definition) is 1. The van der Waals surface area contributed by atoms with E-state index < -0.39 is 34.3 Å². The zero-order valence-corrected chi connectivity index (χ0v) is 27.6. The fourth-order valence-electron chi connectivity index (χ4n) is 5.77. The van der Waals surface area contributed by atoms with Gasteiger partial charge in [0.2, 0.25) is 11.8 Å². The second kappa shape index (κ2) is 15.5. The van der Waals surface area contributed by atoms with Crippen molar-refractivity contribution in [2.45, 2.75) is 55.6 Å².